The van der Waals surface area contributed by atoms with Crippen molar-refractivity contribution in [1.82, 2.24) is 24.7 Å². The van der Waals surface area contributed by atoms with E-state index in [1.54, 1.807) is 7.11 Å². The highest BCUT2D eigenvalue weighted by atomic mass is 16.5. The van der Waals surface area contributed by atoms with Crippen molar-refractivity contribution in [3.63, 3.8) is 0 Å². The van der Waals surface area contributed by atoms with Gasteiger partial charge in [0.2, 0.25) is 0 Å². The van der Waals surface area contributed by atoms with Crippen molar-refractivity contribution in [1.29, 1.82) is 5.26 Å². The van der Waals surface area contributed by atoms with Crippen LogP contribution in [-0.4, -0.2) is 64.1 Å². The Balaban J connectivity index is 1.12. The number of pyridine rings is 1. The Labute approximate surface area is 279 Å². The monoisotopic (exact) mass is 635 g/mol. The highest BCUT2D eigenvalue weighted by Gasteiger charge is 2.35. The molecule has 1 atom stereocenters. The molecule has 240 valence electrons. The van der Waals surface area contributed by atoms with Gasteiger partial charge in [0.25, 0.3) is 0 Å². The number of hydrogen-bond acceptors (Lipinski definition) is 8. The molecule has 1 saturated heterocycles. The molecule has 1 unspecified atom stereocenters. The molecule has 0 radical (unpaired) electrons. The Hall–Kier alpha value is -5.40. The van der Waals surface area contributed by atoms with Crippen LogP contribution in [0, 0.1) is 11.3 Å². The van der Waals surface area contributed by atoms with Crippen molar-refractivity contribution in [2.75, 3.05) is 48.0 Å². The van der Waals surface area contributed by atoms with Crippen LogP contribution in [0.15, 0.2) is 79.0 Å². The number of H-pyrrole nitrogens is 1. The van der Waals surface area contributed by atoms with E-state index in [2.05, 4.69) is 96.0 Å². The number of hydrogen-bond donors (Lipinski definition) is 1. The fourth-order valence-corrected chi connectivity index (χ4v) is 8.20. The van der Waals surface area contributed by atoms with Crippen LogP contribution in [0.4, 0.5) is 17.3 Å². The normalized spacial score (nSPS) is 18.2. The molecule has 0 aliphatic carbocycles. The summed E-state index contributed by atoms with van der Waals surface area (Å²) in [6.07, 6.45) is 5.11. The number of nitrogens with one attached hydrogen (secondary N) is 1. The average molecular weight is 636 g/mol. The molecule has 1 N–H and O–H groups in total. The van der Waals surface area contributed by atoms with E-state index >= 15 is 0 Å². The Kier molecular flexibility index (Phi) is 7.01. The molecule has 2 aromatic carbocycles. The van der Waals surface area contributed by atoms with Gasteiger partial charge in [0.05, 0.1) is 37.1 Å². The summed E-state index contributed by atoms with van der Waals surface area (Å²) in [7, 11) is 1.80. The third-order valence-corrected chi connectivity index (χ3v) is 10.6. The molecule has 10 nitrogen and oxygen atoms in total. The molecule has 4 aromatic heterocycles. The highest BCUT2D eigenvalue weighted by molar-refractivity contribution is 5.89. The van der Waals surface area contributed by atoms with E-state index in [0.29, 0.717) is 11.8 Å². The zero-order valence-electron chi connectivity index (χ0n) is 27.0. The smallest absolute Gasteiger partial charge is 0.151 e. The lowest BCUT2D eigenvalue weighted by atomic mass is 9.97. The number of methoxy groups -OCH3 is 1. The van der Waals surface area contributed by atoms with E-state index in [-0.39, 0.29) is 6.04 Å². The van der Waals surface area contributed by atoms with Crippen LogP contribution in [0.1, 0.15) is 47.1 Å². The van der Waals surface area contributed by atoms with Crippen molar-refractivity contribution < 1.29 is 4.74 Å². The number of nitriles is 1. The third-order valence-electron chi connectivity index (χ3n) is 10.6. The molecule has 10 heteroatoms. The first kappa shape index (κ1) is 28.8. The molecular formula is C38H37N9O. The number of aromatic amines is 1. The van der Waals surface area contributed by atoms with Gasteiger partial charge in [-0.15, -0.1) is 10.2 Å². The molecule has 3 aliphatic heterocycles. The van der Waals surface area contributed by atoms with Gasteiger partial charge in [0.15, 0.2) is 11.6 Å². The maximum absolute atomic E-state index is 9.31. The molecule has 0 saturated carbocycles. The zero-order valence-corrected chi connectivity index (χ0v) is 27.0. The number of fused-ring (bicyclic) bond motifs is 6. The lowest BCUT2D eigenvalue weighted by molar-refractivity contribution is 0.0817. The lowest BCUT2D eigenvalue weighted by Gasteiger charge is -2.37. The Morgan fingerprint density at radius 2 is 1.60 bits per heavy atom. The first-order chi connectivity index (χ1) is 23.7. The molecule has 1 fully saturated rings. The summed E-state index contributed by atoms with van der Waals surface area (Å²) < 4.78 is 8.17. The zero-order chi connectivity index (χ0) is 32.2. The molecule has 0 spiro atoms. The number of piperidine rings is 1. The van der Waals surface area contributed by atoms with Crippen molar-refractivity contribution in [3.8, 4) is 6.07 Å². The van der Waals surface area contributed by atoms with E-state index in [0.717, 1.165) is 81.4 Å². The van der Waals surface area contributed by atoms with Gasteiger partial charge >= 0.3 is 0 Å². The van der Waals surface area contributed by atoms with Crippen LogP contribution in [-0.2, 0) is 24.2 Å². The standard InChI is InChI=1S/C38H37N9O/c1-48-27-14-17-44(18-15-27)36-12-13-37(43-42-36)46-22-32-38(30-7-2-4-8-31(30)41-32)35(24-46)47-33-9-5-3-6-28(33)29-16-19-45(23-34(29)47)26-11-10-25(20-39)40-21-26/h2-13,21,27,35,41H,14-19,22-24H2,1H3. The summed E-state index contributed by atoms with van der Waals surface area (Å²) in [6, 6.07) is 27.8. The van der Waals surface area contributed by atoms with Crippen LogP contribution in [0.2, 0.25) is 0 Å². The first-order valence-corrected chi connectivity index (χ1v) is 16.9. The summed E-state index contributed by atoms with van der Waals surface area (Å²) in [5, 5.41) is 21.5. The summed E-state index contributed by atoms with van der Waals surface area (Å²) in [5.74, 6) is 1.81. The number of para-hydroxylation sites is 2. The molecular weight excluding hydrogens is 598 g/mol. The van der Waals surface area contributed by atoms with E-state index in [4.69, 9.17) is 14.9 Å². The molecule has 0 amide bonds. The van der Waals surface area contributed by atoms with E-state index < -0.39 is 0 Å². The minimum atomic E-state index is 0.0483. The summed E-state index contributed by atoms with van der Waals surface area (Å²) in [6.45, 7) is 5.02. The fraction of sp³-hybridized carbons (Fsp3) is 0.316. The second-order valence-corrected chi connectivity index (χ2v) is 13.1. The third kappa shape index (κ3) is 4.76. The van der Waals surface area contributed by atoms with Gasteiger partial charge < -0.3 is 29.0 Å². The van der Waals surface area contributed by atoms with E-state index in [1.807, 2.05) is 18.3 Å². The second-order valence-electron chi connectivity index (χ2n) is 13.1. The number of benzene rings is 2. The van der Waals surface area contributed by atoms with Crippen molar-refractivity contribution in [2.45, 2.75) is 44.5 Å². The number of aromatic nitrogens is 5. The summed E-state index contributed by atoms with van der Waals surface area (Å²) >= 11 is 0. The molecule has 3 aliphatic rings. The maximum Gasteiger partial charge on any atom is 0.151 e. The predicted octanol–water partition coefficient (Wildman–Crippen LogP) is 5.97. The van der Waals surface area contributed by atoms with Gasteiger partial charge in [0.1, 0.15) is 11.8 Å². The van der Waals surface area contributed by atoms with Gasteiger partial charge in [-0.3, -0.25) is 0 Å². The predicted molar refractivity (Wildman–Crippen MR) is 187 cm³/mol. The van der Waals surface area contributed by atoms with Gasteiger partial charge in [-0.2, -0.15) is 5.26 Å². The largest absolute Gasteiger partial charge is 0.381 e. The second kappa shape index (κ2) is 11.7. The topological polar surface area (TPSA) is 102 Å². The van der Waals surface area contributed by atoms with Crippen LogP contribution < -0.4 is 14.7 Å². The SMILES string of the molecule is COC1CCN(c2ccc(N3Cc4[nH]c5ccccc5c4C(n4c5c(c6ccccc64)CCN(c4ccc(C#N)nc4)C5)C3)nn2)CC1. The Morgan fingerprint density at radius 1 is 0.833 bits per heavy atom. The number of anilines is 3. The maximum atomic E-state index is 9.31. The van der Waals surface area contributed by atoms with Crippen molar-refractivity contribution >= 4 is 39.1 Å². The van der Waals surface area contributed by atoms with Gasteiger partial charge in [0, 0.05) is 72.0 Å². The minimum absolute atomic E-state index is 0.0483. The molecule has 7 heterocycles. The first-order valence-electron chi connectivity index (χ1n) is 16.9. The van der Waals surface area contributed by atoms with Crippen LogP contribution in [0.5, 0.6) is 0 Å². The summed E-state index contributed by atoms with van der Waals surface area (Å²) in [4.78, 5) is 15.3. The van der Waals surface area contributed by atoms with Crippen molar-refractivity contribution in [2.24, 2.45) is 0 Å². The van der Waals surface area contributed by atoms with Gasteiger partial charge in [-0.25, -0.2) is 4.98 Å². The molecule has 9 rings (SSSR count). The quantitative estimate of drug-likeness (QED) is 0.247. The molecule has 6 aromatic rings. The molecule has 0 bridgehead atoms. The van der Waals surface area contributed by atoms with Crippen LogP contribution >= 0.6 is 0 Å². The average Bonchev–Trinajstić information content (AvgIpc) is 3.70. The van der Waals surface area contributed by atoms with E-state index in [1.165, 1.54) is 38.8 Å². The minimum Gasteiger partial charge on any atom is -0.381 e. The summed E-state index contributed by atoms with van der Waals surface area (Å²) in [5.41, 5.74) is 9.21. The Bertz CT molecular complexity index is 2150. The van der Waals surface area contributed by atoms with Crippen LogP contribution in [0.25, 0.3) is 21.8 Å². The van der Waals surface area contributed by atoms with Gasteiger partial charge in [-0.05, 0) is 61.2 Å². The number of nitrogens with zero attached hydrogens (tertiary/aromatic N) is 8. The van der Waals surface area contributed by atoms with E-state index in [9.17, 15) is 5.26 Å². The molecule has 48 heavy (non-hydrogen) atoms. The fourth-order valence-electron chi connectivity index (χ4n) is 8.20. The highest BCUT2D eigenvalue weighted by Crippen LogP contribution is 2.42. The van der Waals surface area contributed by atoms with Crippen LogP contribution in [0.3, 0.4) is 0 Å². The Morgan fingerprint density at radius 3 is 2.35 bits per heavy atom. The lowest BCUT2D eigenvalue weighted by Crippen LogP contribution is -2.39. The number of ether oxygens (including phenoxy) is 1. The van der Waals surface area contributed by atoms with Gasteiger partial charge in [-0.1, -0.05) is 36.4 Å². The number of rotatable bonds is 5. The van der Waals surface area contributed by atoms with Crippen molar-refractivity contribution in [3.05, 3.63) is 107 Å².